The predicted octanol–water partition coefficient (Wildman–Crippen LogP) is -0.117. The molecule has 0 atom stereocenters. The monoisotopic (exact) mass is 239 g/mol. The first-order valence-electron chi connectivity index (χ1n) is 5.64. The predicted molar refractivity (Wildman–Crippen MR) is 70.2 cm³/mol. The molecule has 0 bridgehead atoms. The zero-order valence-corrected chi connectivity index (χ0v) is 10.9. The van der Waals surface area contributed by atoms with E-state index in [0.717, 1.165) is 19.6 Å². The van der Waals surface area contributed by atoms with Crippen LogP contribution in [0, 0.1) is 0 Å². The maximum atomic E-state index is 5.62. The van der Waals surface area contributed by atoms with E-state index in [0.29, 0.717) is 11.9 Å². The lowest BCUT2D eigenvalue weighted by Gasteiger charge is -2.15. The number of hydrogen-bond donors (Lipinski definition) is 2. The number of nitrogen functional groups attached to an aromatic ring is 1. The Bertz CT molecular complexity index is 353. The van der Waals surface area contributed by atoms with Gasteiger partial charge in [-0.2, -0.15) is 15.0 Å². The van der Waals surface area contributed by atoms with Crippen LogP contribution in [0.2, 0.25) is 0 Å². The van der Waals surface area contributed by atoms with Crippen molar-refractivity contribution in [2.45, 2.75) is 6.92 Å². The summed E-state index contributed by atoms with van der Waals surface area (Å²) in [7, 11) is 5.79. The van der Waals surface area contributed by atoms with Crippen LogP contribution >= 0.6 is 0 Å². The van der Waals surface area contributed by atoms with E-state index in [4.69, 9.17) is 5.73 Å². The molecule has 0 spiro atoms. The summed E-state index contributed by atoms with van der Waals surface area (Å²) < 4.78 is 0. The highest BCUT2D eigenvalue weighted by atomic mass is 15.3. The minimum atomic E-state index is 0.232. The van der Waals surface area contributed by atoms with Crippen LogP contribution in [0.3, 0.4) is 0 Å². The molecule has 0 radical (unpaired) electrons. The normalized spacial score (nSPS) is 10.6. The van der Waals surface area contributed by atoms with Crippen LogP contribution in [0.25, 0.3) is 0 Å². The summed E-state index contributed by atoms with van der Waals surface area (Å²) in [5.74, 6) is 1.31. The number of hydrogen-bond acceptors (Lipinski definition) is 7. The molecule has 3 N–H and O–H groups in total. The van der Waals surface area contributed by atoms with Gasteiger partial charge in [-0.15, -0.1) is 0 Å². The van der Waals surface area contributed by atoms with Crippen molar-refractivity contribution >= 4 is 17.8 Å². The second-order valence-electron chi connectivity index (χ2n) is 4.03. The van der Waals surface area contributed by atoms with E-state index < -0.39 is 0 Å². The molecule has 96 valence electrons. The molecule has 0 amide bonds. The van der Waals surface area contributed by atoms with Crippen molar-refractivity contribution in [3.63, 3.8) is 0 Å². The maximum absolute atomic E-state index is 5.62. The molecule has 0 unspecified atom stereocenters. The van der Waals surface area contributed by atoms with Crippen molar-refractivity contribution in [2.75, 3.05) is 56.7 Å². The van der Waals surface area contributed by atoms with Crippen molar-refractivity contribution in [1.29, 1.82) is 0 Å². The second-order valence-corrected chi connectivity index (χ2v) is 4.03. The molecular weight excluding hydrogens is 218 g/mol. The largest absolute Gasteiger partial charge is 0.368 e. The highest BCUT2D eigenvalue weighted by Gasteiger charge is 2.05. The topological polar surface area (TPSA) is 83.2 Å². The fraction of sp³-hybridized carbons (Fsp3) is 0.700. The lowest BCUT2D eigenvalue weighted by Crippen LogP contribution is -2.25. The fourth-order valence-electron chi connectivity index (χ4n) is 1.18. The molecule has 7 heteroatoms. The number of nitrogens with one attached hydrogen (secondary N) is 1. The number of rotatable bonds is 6. The molecule has 0 aliphatic carbocycles. The molecule has 0 aliphatic rings. The van der Waals surface area contributed by atoms with Gasteiger partial charge >= 0.3 is 0 Å². The van der Waals surface area contributed by atoms with Crippen LogP contribution in [-0.2, 0) is 0 Å². The molecule has 0 aromatic carbocycles. The summed E-state index contributed by atoms with van der Waals surface area (Å²) in [6.07, 6.45) is 0. The third kappa shape index (κ3) is 4.39. The average molecular weight is 239 g/mol. The van der Waals surface area contributed by atoms with E-state index in [1.807, 2.05) is 14.1 Å². The average Bonchev–Trinajstić information content (AvgIpc) is 2.28. The fourth-order valence-corrected chi connectivity index (χ4v) is 1.18. The molecule has 0 aliphatic heterocycles. The van der Waals surface area contributed by atoms with E-state index in [1.165, 1.54) is 0 Å². The Morgan fingerprint density at radius 3 is 2.47 bits per heavy atom. The molecule has 1 heterocycles. The summed E-state index contributed by atoms with van der Waals surface area (Å²) in [6, 6.07) is 0. The van der Waals surface area contributed by atoms with Gasteiger partial charge in [-0.05, 0) is 13.6 Å². The minimum absolute atomic E-state index is 0.232. The Labute approximate surface area is 102 Å². The van der Waals surface area contributed by atoms with E-state index in [9.17, 15) is 0 Å². The zero-order chi connectivity index (χ0) is 12.8. The molecule has 1 aromatic rings. The van der Waals surface area contributed by atoms with Gasteiger partial charge in [0.1, 0.15) is 0 Å². The van der Waals surface area contributed by atoms with Gasteiger partial charge in [-0.1, -0.05) is 6.92 Å². The summed E-state index contributed by atoms with van der Waals surface area (Å²) in [4.78, 5) is 16.3. The molecule has 0 fully saturated rings. The van der Waals surface area contributed by atoms with E-state index >= 15 is 0 Å². The number of anilines is 3. The summed E-state index contributed by atoms with van der Waals surface area (Å²) in [6.45, 7) is 4.84. The highest BCUT2D eigenvalue weighted by Crippen LogP contribution is 2.08. The van der Waals surface area contributed by atoms with Gasteiger partial charge in [0.05, 0.1) is 0 Å². The van der Waals surface area contributed by atoms with Gasteiger partial charge in [-0.3, -0.25) is 0 Å². The van der Waals surface area contributed by atoms with Gasteiger partial charge < -0.3 is 20.9 Å². The molecule has 0 saturated carbocycles. The first kappa shape index (κ1) is 13.4. The van der Waals surface area contributed by atoms with Crippen molar-refractivity contribution < 1.29 is 0 Å². The summed E-state index contributed by atoms with van der Waals surface area (Å²) in [5.41, 5.74) is 5.62. The number of nitrogens with zero attached hydrogens (tertiary/aromatic N) is 5. The number of nitrogens with two attached hydrogens (primary N) is 1. The van der Waals surface area contributed by atoms with Gasteiger partial charge in [0.15, 0.2) is 0 Å². The van der Waals surface area contributed by atoms with Crippen LogP contribution < -0.4 is 16.0 Å². The third-order valence-electron chi connectivity index (χ3n) is 2.36. The Morgan fingerprint density at radius 1 is 1.18 bits per heavy atom. The lowest BCUT2D eigenvalue weighted by molar-refractivity contribution is 0.367. The highest BCUT2D eigenvalue weighted by molar-refractivity contribution is 5.40. The van der Waals surface area contributed by atoms with Crippen molar-refractivity contribution in [2.24, 2.45) is 0 Å². The Balaban J connectivity index is 2.59. The van der Waals surface area contributed by atoms with Crippen molar-refractivity contribution in [3.8, 4) is 0 Å². The minimum Gasteiger partial charge on any atom is -0.368 e. The molecule has 17 heavy (non-hydrogen) atoms. The molecule has 1 aromatic heterocycles. The van der Waals surface area contributed by atoms with Crippen LogP contribution in [-0.4, -0.2) is 60.6 Å². The second kappa shape index (κ2) is 6.19. The first-order chi connectivity index (χ1) is 8.02. The molecule has 0 saturated heterocycles. The van der Waals surface area contributed by atoms with Gasteiger partial charge in [0.25, 0.3) is 0 Å². The van der Waals surface area contributed by atoms with Gasteiger partial charge in [-0.25, -0.2) is 0 Å². The smallest absolute Gasteiger partial charge is 0.231 e. The van der Waals surface area contributed by atoms with Crippen LogP contribution in [0.5, 0.6) is 0 Å². The van der Waals surface area contributed by atoms with Gasteiger partial charge in [0, 0.05) is 27.2 Å². The van der Waals surface area contributed by atoms with Crippen molar-refractivity contribution in [1.82, 2.24) is 19.9 Å². The van der Waals surface area contributed by atoms with E-state index in [-0.39, 0.29) is 5.95 Å². The van der Waals surface area contributed by atoms with Crippen LogP contribution in [0.15, 0.2) is 0 Å². The zero-order valence-electron chi connectivity index (χ0n) is 10.9. The lowest BCUT2D eigenvalue weighted by atomic mass is 10.5. The number of aromatic nitrogens is 3. The van der Waals surface area contributed by atoms with Crippen LogP contribution in [0.1, 0.15) is 6.92 Å². The Morgan fingerprint density at radius 2 is 1.88 bits per heavy atom. The van der Waals surface area contributed by atoms with E-state index in [2.05, 4.69) is 39.1 Å². The van der Waals surface area contributed by atoms with E-state index in [1.54, 1.807) is 4.90 Å². The first-order valence-corrected chi connectivity index (χ1v) is 5.64. The number of likely N-dealkylation sites (N-methyl/N-ethyl adjacent to an activating group) is 1. The summed E-state index contributed by atoms with van der Waals surface area (Å²) in [5, 5.41) is 3.14. The quantitative estimate of drug-likeness (QED) is 0.716. The Hall–Kier alpha value is -1.63. The molecule has 1 rings (SSSR count). The SMILES string of the molecule is CCN(C)CCNc1nc(N)nc(N(C)C)n1. The third-order valence-corrected chi connectivity index (χ3v) is 2.36. The standard InChI is InChI=1S/C10H21N7/c1-5-17(4)7-6-12-9-13-8(11)14-10(15-9)16(2)3/h5-7H2,1-4H3,(H3,11,12,13,14,15). The van der Waals surface area contributed by atoms with Crippen molar-refractivity contribution in [3.05, 3.63) is 0 Å². The van der Waals surface area contributed by atoms with Crippen LogP contribution in [0.4, 0.5) is 17.8 Å². The maximum Gasteiger partial charge on any atom is 0.231 e. The summed E-state index contributed by atoms with van der Waals surface area (Å²) >= 11 is 0. The Kier molecular flexibility index (Phi) is 4.89. The molecular formula is C10H21N7. The van der Waals surface area contributed by atoms with Gasteiger partial charge in [0.2, 0.25) is 17.8 Å². The molecule has 7 nitrogen and oxygen atoms in total.